The topological polar surface area (TPSA) is 21.1 Å². The Bertz CT molecular complexity index is 611. The normalized spacial score (nSPS) is 17.1. The van der Waals surface area contributed by atoms with E-state index in [-0.39, 0.29) is 7.43 Å². The molecule has 1 aliphatic carbocycles. The highest BCUT2D eigenvalue weighted by Gasteiger charge is 2.24. The highest BCUT2D eigenvalue weighted by molar-refractivity contribution is 5.45. The van der Waals surface area contributed by atoms with Crippen LogP contribution in [0, 0.1) is 13.8 Å². The van der Waals surface area contributed by atoms with Crippen LogP contribution in [-0.4, -0.2) is 28.8 Å². The zero-order valence-corrected chi connectivity index (χ0v) is 12.1. The monoisotopic (exact) mass is 271 g/mol. The molecule has 3 nitrogen and oxygen atoms in total. The van der Waals surface area contributed by atoms with Gasteiger partial charge in [-0.1, -0.05) is 13.5 Å². The zero-order valence-electron chi connectivity index (χ0n) is 12.1. The van der Waals surface area contributed by atoms with Crippen LogP contribution in [0.3, 0.4) is 0 Å². The van der Waals surface area contributed by atoms with Crippen LogP contribution in [0.5, 0.6) is 0 Å². The van der Waals surface area contributed by atoms with Gasteiger partial charge in [0.1, 0.15) is 0 Å². The highest BCUT2D eigenvalue weighted by Crippen LogP contribution is 2.35. The Kier molecular flexibility index (Phi) is 4.00. The maximum atomic E-state index is 4.58. The van der Waals surface area contributed by atoms with Crippen LogP contribution in [-0.2, 0) is 6.42 Å². The van der Waals surface area contributed by atoms with E-state index < -0.39 is 0 Å². The van der Waals surface area contributed by atoms with Crippen LogP contribution >= 0.6 is 0 Å². The summed E-state index contributed by atoms with van der Waals surface area (Å²) >= 11 is 0. The van der Waals surface area contributed by atoms with Gasteiger partial charge >= 0.3 is 0 Å². The fourth-order valence-electron chi connectivity index (χ4n) is 3.13. The van der Waals surface area contributed by atoms with Gasteiger partial charge < -0.3 is 4.90 Å². The van der Waals surface area contributed by atoms with E-state index in [0.29, 0.717) is 6.04 Å². The molecule has 3 heteroatoms. The summed E-state index contributed by atoms with van der Waals surface area (Å²) in [7, 11) is 4.32. The first-order valence-corrected chi connectivity index (χ1v) is 6.89. The number of hydrogen-bond donors (Lipinski definition) is 0. The molecular weight excluding hydrogens is 246 g/mol. The Hall–Kier alpha value is -1.61. The first-order chi connectivity index (χ1) is 9.06. The van der Waals surface area contributed by atoms with E-state index in [1.807, 2.05) is 11.6 Å². The maximum absolute atomic E-state index is 4.58. The molecule has 0 N–H and O–H groups in total. The smallest absolute Gasteiger partial charge is 0.0652 e. The predicted molar refractivity (Wildman–Crippen MR) is 84.5 cm³/mol. The zero-order chi connectivity index (χ0) is 13.6. The lowest BCUT2D eigenvalue weighted by molar-refractivity contribution is 0.299. The van der Waals surface area contributed by atoms with E-state index in [0.717, 1.165) is 5.69 Å². The Labute approximate surface area is 122 Å². The molecule has 0 saturated carbocycles. The van der Waals surface area contributed by atoms with Crippen molar-refractivity contribution in [2.24, 2.45) is 0 Å². The molecule has 0 spiro atoms. The Morgan fingerprint density at radius 3 is 2.55 bits per heavy atom. The van der Waals surface area contributed by atoms with E-state index in [2.05, 4.69) is 55.3 Å². The van der Waals surface area contributed by atoms with Gasteiger partial charge in [0.2, 0.25) is 0 Å². The summed E-state index contributed by atoms with van der Waals surface area (Å²) in [5.74, 6) is 0. The summed E-state index contributed by atoms with van der Waals surface area (Å²) in [6, 6.07) is 9.44. The molecule has 0 fully saturated rings. The molecule has 0 radical (unpaired) electrons. The summed E-state index contributed by atoms with van der Waals surface area (Å²) in [4.78, 5) is 2.32. The largest absolute Gasteiger partial charge is 0.302 e. The van der Waals surface area contributed by atoms with E-state index in [4.69, 9.17) is 0 Å². The van der Waals surface area contributed by atoms with Crippen molar-refractivity contribution in [3.8, 4) is 5.69 Å². The van der Waals surface area contributed by atoms with Crippen LogP contribution in [0.4, 0.5) is 0 Å². The second-order valence-electron chi connectivity index (χ2n) is 5.74. The van der Waals surface area contributed by atoms with Crippen molar-refractivity contribution in [1.29, 1.82) is 0 Å². The molecule has 0 saturated heterocycles. The SMILES string of the molecule is C.Cc1cc(C)n(-c2ccc3c(c2)C(N(C)C)CC3)n1. The summed E-state index contributed by atoms with van der Waals surface area (Å²) < 4.78 is 2.04. The molecule has 1 atom stereocenters. The van der Waals surface area contributed by atoms with Crippen molar-refractivity contribution >= 4 is 0 Å². The minimum atomic E-state index is 0. The first kappa shape index (κ1) is 14.8. The summed E-state index contributed by atoms with van der Waals surface area (Å²) in [6.07, 6.45) is 2.42. The second-order valence-corrected chi connectivity index (χ2v) is 5.74. The van der Waals surface area contributed by atoms with Crippen molar-refractivity contribution in [3.63, 3.8) is 0 Å². The van der Waals surface area contributed by atoms with Gasteiger partial charge in [0, 0.05) is 11.7 Å². The molecule has 20 heavy (non-hydrogen) atoms. The fourth-order valence-corrected chi connectivity index (χ4v) is 3.13. The lowest BCUT2D eigenvalue weighted by atomic mass is 10.1. The molecule has 0 amide bonds. The van der Waals surface area contributed by atoms with Gasteiger partial charge in [-0.3, -0.25) is 0 Å². The van der Waals surface area contributed by atoms with Gasteiger partial charge in [-0.05, 0) is 70.1 Å². The van der Waals surface area contributed by atoms with Crippen LogP contribution in [0.1, 0.15) is 42.4 Å². The average Bonchev–Trinajstić information content (AvgIpc) is 2.91. The molecule has 2 aromatic rings. The number of aryl methyl sites for hydroxylation is 3. The maximum Gasteiger partial charge on any atom is 0.0652 e. The van der Waals surface area contributed by atoms with Crippen LogP contribution < -0.4 is 0 Å². The third kappa shape index (κ3) is 2.38. The van der Waals surface area contributed by atoms with Crippen molar-refractivity contribution in [2.45, 2.75) is 40.2 Å². The minimum Gasteiger partial charge on any atom is -0.302 e. The average molecular weight is 271 g/mol. The van der Waals surface area contributed by atoms with Crippen LogP contribution in [0.2, 0.25) is 0 Å². The minimum absolute atomic E-state index is 0. The number of hydrogen-bond acceptors (Lipinski definition) is 2. The summed E-state index contributed by atoms with van der Waals surface area (Å²) in [5, 5.41) is 4.58. The summed E-state index contributed by atoms with van der Waals surface area (Å²) in [6.45, 7) is 4.15. The highest BCUT2D eigenvalue weighted by atomic mass is 15.3. The molecule has 0 bridgehead atoms. The van der Waals surface area contributed by atoms with Crippen molar-refractivity contribution < 1.29 is 0 Å². The third-order valence-corrected chi connectivity index (χ3v) is 4.05. The van der Waals surface area contributed by atoms with Gasteiger partial charge in [0.15, 0.2) is 0 Å². The first-order valence-electron chi connectivity index (χ1n) is 6.89. The van der Waals surface area contributed by atoms with E-state index in [9.17, 15) is 0 Å². The standard InChI is InChI=1S/C16H21N3.CH4/c1-11-9-12(2)19(17-11)14-7-5-13-6-8-16(18(3)4)15(13)10-14;/h5,7,9-10,16H,6,8H2,1-4H3;1H4. The number of nitrogens with zero attached hydrogens (tertiary/aromatic N) is 3. The number of rotatable bonds is 2. The Morgan fingerprint density at radius 1 is 1.20 bits per heavy atom. The molecule has 1 aliphatic rings. The number of benzene rings is 1. The van der Waals surface area contributed by atoms with Crippen molar-refractivity contribution in [1.82, 2.24) is 14.7 Å². The second kappa shape index (κ2) is 5.41. The lowest BCUT2D eigenvalue weighted by Gasteiger charge is -2.20. The van der Waals surface area contributed by atoms with Gasteiger partial charge in [-0.25, -0.2) is 4.68 Å². The van der Waals surface area contributed by atoms with Gasteiger partial charge in [-0.15, -0.1) is 0 Å². The number of fused-ring (bicyclic) bond motifs is 1. The van der Waals surface area contributed by atoms with E-state index in [1.54, 1.807) is 0 Å². The Balaban J connectivity index is 0.00000147. The molecular formula is C17H25N3. The van der Waals surface area contributed by atoms with Crippen LogP contribution in [0.15, 0.2) is 24.3 Å². The van der Waals surface area contributed by atoms with Gasteiger partial charge in [0.05, 0.1) is 11.4 Å². The summed E-state index contributed by atoms with van der Waals surface area (Å²) in [5.41, 5.74) is 6.40. The molecule has 3 rings (SSSR count). The molecule has 1 aromatic heterocycles. The van der Waals surface area contributed by atoms with Crippen molar-refractivity contribution in [3.05, 3.63) is 46.8 Å². The molecule has 1 unspecified atom stereocenters. The van der Waals surface area contributed by atoms with E-state index >= 15 is 0 Å². The molecule has 0 aliphatic heterocycles. The third-order valence-electron chi connectivity index (χ3n) is 4.05. The fraction of sp³-hybridized carbons (Fsp3) is 0.471. The number of aromatic nitrogens is 2. The molecule has 1 aromatic carbocycles. The van der Waals surface area contributed by atoms with E-state index in [1.165, 1.54) is 35.3 Å². The molecule has 108 valence electrons. The van der Waals surface area contributed by atoms with Gasteiger partial charge in [0.25, 0.3) is 0 Å². The molecule has 1 heterocycles. The predicted octanol–water partition coefficient (Wildman–Crippen LogP) is 3.67. The quantitative estimate of drug-likeness (QED) is 0.831. The van der Waals surface area contributed by atoms with Gasteiger partial charge in [-0.2, -0.15) is 5.10 Å². The lowest BCUT2D eigenvalue weighted by Crippen LogP contribution is -2.17. The van der Waals surface area contributed by atoms with Crippen molar-refractivity contribution in [2.75, 3.05) is 14.1 Å². The Morgan fingerprint density at radius 2 is 1.95 bits per heavy atom. The van der Waals surface area contributed by atoms with Crippen LogP contribution in [0.25, 0.3) is 5.69 Å².